The lowest BCUT2D eigenvalue weighted by Crippen LogP contribution is -2.41. The van der Waals surface area contributed by atoms with E-state index in [0.717, 1.165) is 40.3 Å². The van der Waals surface area contributed by atoms with Crippen molar-refractivity contribution in [2.75, 3.05) is 25.1 Å². The molecule has 1 N–H and O–H groups in total. The van der Waals surface area contributed by atoms with Crippen LogP contribution in [0.3, 0.4) is 0 Å². The van der Waals surface area contributed by atoms with E-state index >= 15 is 0 Å². The van der Waals surface area contributed by atoms with E-state index in [4.69, 9.17) is 9.47 Å². The quantitative estimate of drug-likeness (QED) is 0.433. The molecule has 0 radical (unpaired) electrons. The van der Waals surface area contributed by atoms with Gasteiger partial charge in [-0.2, -0.15) is 0 Å². The van der Waals surface area contributed by atoms with Gasteiger partial charge in [0, 0.05) is 6.07 Å². The Morgan fingerprint density at radius 1 is 0.919 bits per heavy atom. The predicted molar refractivity (Wildman–Crippen MR) is 145 cm³/mol. The summed E-state index contributed by atoms with van der Waals surface area (Å²) in [7, 11) is -1.18. The highest BCUT2D eigenvalue weighted by molar-refractivity contribution is 7.92. The molecule has 37 heavy (non-hydrogen) atoms. The zero-order valence-corrected chi connectivity index (χ0v) is 22.8. The summed E-state index contributed by atoms with van der Waals surface area (Å²) in [5, 5.41) is 2.99. The van der Waals surface area contributed by atoms with Gasteiger partial charge < -0.3 is 14.8 Å². The fourth-order valence-corrected chi connectivity index (χ4v) is 6.30. The van der Waals surface area contributed by atoms with Crippen molar-refractivity contribution in [2.45, 2.75) is 51.0 Å². The second-order valence-corrected chi connectivity index (χ2v) is 11.4. The van der Waals surface area contributed by atoms with E-state index < -0.39 is 15.9 Å². The highest BCUT2D eigenvalue weighted by Crippen LogP contribution is 2.33. The number of nitrogens with one attached hydrogen (secondary N) is 1. The minimum atomic E-state index is -4.11. The third kappa shape index (κ3) is 5.74. The number of carbonyl (C=O) groups is 1. The lowest BCUT2D eigenvalue weighted by molar-refractivity contribution is -0.120. The van der Waals surface area contributed by atoms with Crippen molar-refractivity contribution in [1.29, 1.82) is 0 Å². The lowest BCUT2D eigenvalue weighted by Gasteiger charge is -2.26. The van der Waals surface area contributed by atoms with Gasteiger partial charge in [0.05, 0.1) is 30.8 Å². The van der Waals surface area contributed by atoms with Crippen LogP contribution >= 0.6 is 0 Å². The molecule has 7 nitrogen and oxygen atoms in total. The van der Waals surface area contributed by atoms with E-state index in [2.05, 4.69) is 17.4 Å². The van der Waals surface area contributed by atoms with Gasteiger partial charge in [-0.05, 0) is 92.1 Å². The molecular weight excluding hydrogens is 488 g/mol. The number of carbonyl (C=O) groups excluding carboxylic acids is 1. The molecule has 0 unspecified atom stereocenters. The molecule has 1 atom stereocenters. The number of methoxy groups -OCH3 is 2. The van der Waals surface area contributed by atoms with Gasteiger partial charge in [-0.3, -0.25) is 9.10 Å². The lowest BCUT2D eigenvalue weighted by atomic mass is 10.0. The summed E-state index contributed by atoms with van der Waals surface area (Å²) in [4.78, 5) is 13.3. The van der Waals surface area contributed by atoms with Gasteiger partial charge in [-0.25, -0.2) is 8.42 Å². The van der Waals surface area contributed by atoms with Gasteiger partial charge in [-0.1, -0.05) is 24.3 Å². The monoisotopic (exact) mass is 522 g/mol. The van der Waals surface area contributed by atoms with Crippen LogP contribution in [0.2, 0.25) is 0 Å². The molecule has 0 aliphatic heterocycles. The maximum Gasteiger partial charge on any atom is 0.264 e. The number of aryl methyl sites for hydroxylation is 4. The molecule has 1 aliphatic rings. The van der Waals surface area contributed by atoms with Gasteiger partial charge in [0.1, 0.15) is 6.54 Å². The van der Waals surface area contributed by atoms with E-state index in [0.29, 0.717) is 17.2 Å². The maximum atomic E-state index is 13.9. The number of benzene rings is 3. The summed E-state index contributed by atoms with van der Waals surface area (Å²) in [6.45, 7) is 5.34. The fraction of sp³-hybridized carbons (Fsp3) is 0.345. The molecule has 3 aromatic rings. The highest BCUT2D eigenvalue weighted by Gasteiger charge is 2.29. The molecule has 0 saturated carbocycles. The molecule has 1 amide bonds. The van der Waals surface area contributed by atoms with E-state index in [-0.39, 0.29) is 17.5 Å². The summed E-state index contributed by atoms with van der Waals surface area (Å²) in [6.07, 6.45) is 3.29. The van der Waals surface area contributed by atoms with E-state index in [1.54, 1.807) is 18.2 Å². The SMILES string of the molecule is COc1ccc(S(=O)(=O)N(CC(=O)N[C@H](C)c2ccc3c(c2)CCC3)c2cc(C)cc(C)c2)cc1OC. The van der Waals surface area contributed by atoms with Gasteiger partial charge in [-0.15, -0.1) is 0 Å². The van der Waals surface area contributed by atoms with Crippen LogP contribution in [0.1, 0.15) is 47.2 Å². The number of nitrogens with zero attached hydrogens (tertiary/aromatic N) is 1. The van der Waals surface area contributed by atoms with Crippen molar-refractivity contribution in [3.05, 3.63) is 82.4 Å². The van der Waals surface area contributed by atoms with Crippen LogP contribution in [0.15, 0.2) is 59.5 Å². The zero-order chi connectivity index (χ0) is 26.7. The smallest absolute Gasteiger partial charge is 0.264 e. The molecule has 1 aliphatic carbocycles. The Balaban J connectivity index is 1.65. The summed E-state index contributed by atoms with van der Waals surface area (Å²) < 4.78 is 39.5. The van der Waals surface area contributed by atoms with E-state index in [1.807, 2.05) is 32.9 Å². The Morgan fingerprint density at radius 3 is 2.27 bits per heavy atom. The normalized spacial score (nSPS) is 13.5. The molecule has 8 heteroatoms. The van der Waals surface area contributed by atoms with Crippen molar-refractivity contribution in [3.63, 3.8) is 0 Å². The number of amides is 1. The summed E-state index contributed by atoms with van der Waals surface area (Å²) in [6, 6.07) is 16.0. The summed E-state index contributed by atoms with van der Waals surface area (Å²) >= 11 is 0. The number of ether oxygens (including phenoxy) is 2. The molecule has 0 aromatic heterocycles. The number of sulfonamides is 1. The summed E-state index contributed by atoms with van der Waals surface area (Å²) in [5.74, 6) is 0.315. The van der Waals surface area contributed by atoms with Crippen molar-refractivity contribution >= 4 is 21.6 Å². The predicted octanol–water partition coefficient (Wildman–Crippen LogP) is 4.88. The first-order chi connectivity index (χ1) is 17.6. The van der Waals surface area contributed by atoms with Gasteiger partial charge in [0.2, 0.25) is 5.91 Å². The number of hydrogen-bond donors (Lipinski definition) is 1. The highest BCUT2D eigenvalue weighted by atomic mass is 32.2. The number of anilines is 1. The first kappa shape index (κ1) is 26.5. The molecule has 0 spiro atoms. The molecular formula is C29H34N2O5S. The largest absolute Gasteiger partial charge is 0.493 e. The van der Waals surface area contributed by atoms with Crippen LogP contribution in [0.25, 0.3) is 0 Å². The number of hydrogen-bond acceptors (Lipinski definition) is 5. The Kier molecular flexibility index (Phi) is 7.78. The van der Waals surface area contributed by atoms with Crippen LogP contribution in [-0.2, 0) is 27.7 Å². The fourth-order valence-electron chi connectivity index (χ4n) is 4.88. The number of fused-ring (bicyclic) bond motifs is 1. The summed E-state index contributed by atoms with van der Waals surface area (Å²) in [5.41, 5.74) is 5.92. The average Bonchev–Trinajstić information content (AvgIpc) is 3.34. The topological polar surface area (TPSA) is 84.9 Å². The average molecular weight is 523 g/mol. The Labute approximate surface area is 219 Å². The maximum absolute atomic E-state index is 13.9. The molecule has 0 heterocycles. The first-order valence-corrected chi connectivity index (χ1v) is 13.8. The minimum absolute atomic E-state index is 0.00350. The standard InChI is InChI=1S/C29H34N2O5S/c1-19-13-20(2)15-25(14-19)31(37(33,34)26-11-12-27(35-4)28(17-26)36-5)18-29(32)30-21(3)23-10-9-22-7-6-8-24(22)16-23/h9-17,21H,6-8,18H2,1-5H3,(H,30,32)/t21-/m1/s1. The third-order valence-corrected chi connectivity index (χ3v) is 8.49. The molecule has 0 saturated heterocycles. The second kappa shape index (κ2) is 10.8. The van der Waals surface area contributed by atoms with Crippen LogP contribution in [0.4, 0.5) is 5.69 Å². The molecule has 196 valence electrons. The van der Waals surface area contributed by atoms with Crippen LogP contribution < -0.4 is 19.1 Å². The van der Waals surface area contributed by atoms with Crippen molar-refractivity contribution in [1.82, 2.24) is 5.32 Å². The molecule has 4 rings (SSSR count). The molecule has 3 aromatic carbocycles. The van der Waals surface area contributed by atoms with Gasteiger partial charge in [0.15, 0.2) is 11.5 Å². The van der Waals surface area contributed by atoms with Crippen molar-refractivity contribution in [3.8, 4) is 11.5 Å². The van der Waals surface area contributed by atoms with Crippen molar-refractivity contribution < 1.29 is 22.7 Å². The second-order valence-electron chi connectivity index (χ2n) is 9.55. The van der Waals surface area contributed by atoms with Gasteiger partial charge >= 0.3 is 0 Å². The van der Waals surface area contributed by atoms with Crippen LogP contribution in [0, 0.1) is 13.8 Å². The van der Waals surface area contributed by atoms with Crippen LogP contribution in [-0.4, -0.2) is 35.1 Å². The van der Waals surface area contributed by atoms with E-state index in [1.165, 1.54) is 37.5 Å². The molecule has 0 bridgehead atoms. The Hall–Kier alpha value is -3.52. The number of rotatable bonds is 9. The molecule has 0 fully saturated rings. The minimum Gasteiger partial charge on any atom is -0.493 e. The van der Waals surface area contributed by atoms with E-state index in [9.17, 15) is 13.2 Å². The first-order valence-electron chi connectivity index (χ1n) is 12.4. The van der Waals surface area contributed by atoms with Gasteiger partial charge in [0.25, 0.3) is 10.0 Å². The third-order valence-electron chi connectivity index (χ3n) is 6.72. The zero-order valence-electron chi connectivity index (χ0n) is 22.0. The Morgan fingerprint density at radius 2 is 1.59 bits per heavy atom. The van der Waals surface area contributed by atoms with Crippen LogP contribution in [0.5, 0.6) is 11.5 Å². The van der Waals surface area contributed by atoms with Crippen molar-refractivity contribution in [2.24, 2.45) is 0 Å². The Bertz CT molecular complexity index is 1400.